The molecular weight excluding hydrogens is 654 g/mol. The quantitative estimate of drug-likeness (QED) is 0.107. The lowest BCUT2D eigenvalue weighted by atomic mass is 9.85. The number of rotatable bonds is 18. The zero-order valence-electron chi connectivity index (χ0n) is 30.2. The highest BCUT2D eigenvalue weighted by Crippen LogP contribution is 2.34. The van der Waals surface area contributed by atoms with Crippen molar-refractivity contribution in [3.05, 3.63) is 106 Å². The third-order valence-corrected chi connectivity index (χ3v) is 11.8. The van der Waals surface area contributed by atoms with Crippen LogP contribution >= 0.6 is 0 Å². The molecule has 3 aliphatic rings. The van der Waals surface area contributed by atoms with Gasteiger partial charge in [0.05, 0.1) is 17.8 Å². The van der Waals surface area contributed by atoms with Gasteiger partial charge in [-0.25, -0.2) is 0 Å². The summed E-state index contributed by atoms with van der Waals surface area (Å²) in [5.41, 5.74) is 6.40. The van der Waals surface area contributed by atoms with Crippen molar-refractivity contribution in [1.29, 1.82) is 0 Å². The number of nitrogens with one attached hydrogen (secondary N) is 2. The van der Waals surface area contributed by atoms with Gasteiger partial charge in [-0.1, -0.05) is 85.6 Å². The molecule has 3 aromatic rings. The molecule has 1 saturated carbocycles. The summed E-state index contributed by atoms with van der Waals surface area (Å²) in [5, 5.41) is 36.9. The third-order valence-electron chi connectivity index (χ3n) is 11.8. The molecule has 3 aromatic carbocycles. The van der Waals surface area contributed by atoms with E-state index in [1.807, 2.05) is 36.4 Å². The Hall–Kier alpha value is -4.05. The van der Waals surface area contributed by atoms with E-state index in [-0.39, 0.29) is 23.7 Å². The Kier molecular flexibility index (Phi) is 13.1. The van der Waals surface area contributed by atoms with Crippen LogP contribution in [0.4, 0.5) is 0 Å². The van der Waals surface area contributed by atoms with Gasteiger partial charge in [-0.2, -0.15) is 0 Å². The van der Waals surface area contributed by atoms with E-state index >= 15 is 0 Å². The molecule has 9 nitrogen and oxygen atoms in total. The van der Waals surface area contributed by atoms with E-state index in [1.54, 1.807) is 0 Å². The van der Waals surface area contributed by atoms with Gasteiger partial charge in [0.15, 0.2) is 0 Å². The highest BCUT2D eigenvalue weighted by Gasteiger charge is 2.33. The molecule has 0 unspecified atom stereocenters. The molecule has 52 heavy (non-hydrogen) atoms. The van der Waals surface area contributed by atoms with E-state index in [2.05, 4.69) is 51.9 Å². The molecule has 2 saturated heterocycles. The third kappa shape index (κ3) is 10.3. The number of hydrogen-bond donors (Lipinski definition) is 5. The summed E-state index contributed by atoms with van der Waals surface area (Å²) in [6, 6.07) is 24.9. The van der Waals surface area contributed by atoms with Crippen LogP contribution in [0.1, 0.15) is 71.9 Å². The monoisotopic (exact) mass is 709 g/mol. The van der Waals surface area contributed by atoms with Gasteiger partial charge >= 0.3 is 17.9 Å². The van der Waals surface area contributed by atoms with Crippen molar-refractivity contribution in [2.24, 2.45) is 35.5 Å². The average Bonchev–Trinajstić information content (AvgIpc) is 3.94. The maximum Gasteiger partial charge on any atom is 0.307 e. The van der Waals surface area contributed by atoms with Crippen LogP contribution in [0.15, 0.2) is 72.8 Å². The summed E-state index contributed by atoms with van der Waals surface area (Å²) in [6.45, 7) is 5.10. The van der Waals surface area contributed by atoms with Crippen LogP contribution in [0.3, 0.4) is 0 Å². The topological polar surface area (TPSA) is 139 Å². The molecular formula is C43H55N3O6. The van der Waals surface area contributed by atoms with Crippen molar-refractivity contribution in [2.75, 3.05) is 26.2 Å². The molecule has 278 valence electrons. The van der Waals surface area contributed by atoms with Gasteiger partial charge in [0.1, 0.15) is 0 Å². The van der Waals surface area contributed by atoms with E-state index < -0.39 is 29.7 Å². The fraction of sp³-hybridized carbons (Fsp3) is 0.512. The molecule has 3 fully saturated rings. The highest BCUT2D eigenvalue weighted by atomic mass is 16.4. The maximum atomic E-state index is 12.3. The largest absolute Gasteiger partial charge is 0.481 e. The normalized spacial score (nSPS) is 20.9. The first kappa shape index (κ1) is 37.7. The zero-order valence-corrected chi connectivity index (χ0v) is 30.2. The minimum absolute atomic E-state index is 0.122. The lowest BCUT2D eigenvalue weighted by molar-refractivity contribution is -0.144. The molecule has 0 amide bonds. The molecule has 2 heterocycles. The molecule has 1 aliphatic carbocycles. The second-order valence-electron chi connectivity index (χ2n) is 15.6. The van der Waals surface area contributed by atoms with Gasteiger partial charge in [-0.3, -0.25) is 19.3 Å². The van der Waals surface area contributed by atoms with E-state index in [0.717, 1.165) is 98.1 Å². The number of benzene rings is 3. The number of aliphatic carboxylic acids is 3. The number of carboxylic acid groups (broad SMARTS) is 3. The van der Waals surface area contributed by atoms with Crippen molar-refractivity contribution >= 4 is 17.9 Å². The molecule has 6 rings (SSSR count). The smallest absolute Gasteiger partial charge is 0.307 e. The number of carboxylic acids is 3. The van der Waals surface area contributed by atoms with Crippen molar-refractivity contribution < 1.29 is 29.7 Å². The van der Waals surface area contributed by atoms with Crippen molar-refractivity contribution in [3.8, 4) is 0 Å². The SMILES string of the molecule is O=C(O)[C@@H](Cc1cccc(CN(Cc2cccc(C[C@H](C(=O)O)[C@H]3CCNC3)c2)Cc2cccc(C[C@H](C(=O)O)[C@H]3CCNC3)c2)c1)C1CCCC1. The van der Waals surface area contributed by atoms with Crippen LogP contribution < -0.4 is 10.6 Å². The zero-order chi connectivity index (χ0) is 36.5. The first-order chi connectivity index (χ1) is 25.2. The van der Waals surface area contributed by atoms with Crippen LogP contribution in [0, 0.1) is 35.5 Å². The van der Waals surface area contributed by atoms with E-state index in [0.29, 0.717) is 38.9 Å². The number of nitrogens with zero attached hydrogens (tertiary/aromatic N) is 1. The number of hydrogen-bond acceptors (Lipinski definition) is 6. The van der Waals surface area contributed by atoms with E-state index in [9.17, 15) is 29.7 Å². The van der Waals surface area contributed by atoms with Crippen molar-refractivity contribution in [2.45, 2.75) is 77.4 Å². The first-order valence-electron chi connectivity index (χ1n) is 19.3. The van der Waals surface area contributed by atoms with E-state index in [4.69, 9.17) is 0 Å². The minimum atomic E-state index is -0.743. The van der Waals surface area contributed by atoms with Gasteiger partial charge in [0.25, 0.3) is 0 Å². The Bertz CT molecular complexity index is 1470. The Morgan fingerprint density at radius 1 is 0.538 bits per heavy atom. The summed E-state index contributed by atoms with van der Waals surface area (Å²) in [7, 11) is 0. The Morgan fingerprint density at radius 2 is 0.885 bits per heavy atom. The summed E-state index contributed by atoms with van der Waals surface area (Å²) >= 11 is 0. The van der Waals surface area contributed by atoms with E-state index in [1.165, 1.54) is 0 Å². The Morgan fingerprint density at radius 3 is 1.21 bits per heavy atom. The fourth-order valence-corrected chi connectivity index (χ4v) is 9.04. The predicted octanol–water partition coefficient (Wildman–Crippen LogP) is 6.03. The van der Waals surface area contributed by atoms with Gasteiger partial charge in [0.2, 0.25) is 0 Å². The van der Waals surface area contributed by atoms with Gasteiger partial charge in [-0.15, -0.1) is 0 Å². The molecule has 0 spiro atoms. The molecule has 0 radical (unpaired) electrons. The summed E-state index contributed by atoms with van der Waals surface area (Å²) in [6.07, 6.45) is 7.45. The van der Waals surface area contributed by atoms with Crippen molar-refractivity contribution in [1.82, 2.24) is 15.5 Å². The second-order valence-corrected chi connectivity index (χ2v) is 15.6. The Labute approximate surface area is 307 Å². The van der Waals surface area contributed by atoms with Crippen LogP contribution in [0.25, 0.3) is 0 Å². The Balaban J connectivity index is 1.22. The molecule has 5 N–H and O–H groups in total. The van der Waals surface area contributed by atoms with Gasteiger partial charge in [0, 0.05) is 19.6 Å². The van der Waals surface area contributed by atoms with Gasteiger partial charge < -0.3 is 26.0 Å². The predicted molar refractivity (Wildman–Crippen MR) is 201 cm³/mol. The van der Waals surface area contributed by atoms with Crippen LogP contribution in [-0.2, 0) is 53.3 Å². The van der Waals surface area contributed by atoms with Gasteiger partial charge in [-0.05, 0) is 122 Å². The molecule has 9 heteroatoms. The summed E-state index contributed by atoms with van der Waals surface area (Å²) in [5.74, 6) is -2.95. The summed E-state index contributed by atoms with van der Waals surface area (Å²) < 4.78 is 0. The van der Waals surface area contributed by atoms with Crippen LogP contribution in [-0.4, -0.2) is 64.3 Å². The maximum absolute atomic E-state index is 12.3. The van der Waals surface area contributed by atoms with Crippen LogP contribution in [0.5, 0.6) is 0 Å². The van der Waals surface area contributed by atoms with Crippen LogP contribution in [0.2, 0.25) is 0 Å². The number of carbonyl (C=O) groups is 3. The second kappa shape index (κ2) is 18.1. The fourth-order valence-electron chi connectivity index (χ4n) is 9.04. The standard InChI is InChI=1S/C43H55N3O6/c47-41(48)38(35-12-1-2-13-35)21-29-6-3-9-32(18-29)26-46(27-33-10-4-7-30(19-33)22-39(42(49)50)36-14-16-44-24-36)28-34-11-5-8-31(20-34)23-40(43(51)52)37-15-17-45-25-37/h3-11,18-20,35-40,44-45H,1-2,12-17,21-28H2,(H,47,48)(H,49,50)(H,51,52)/t36-,37-,38-,39-,40-/m0/s1. The summed E-state index contributed by atoms with van der Waals surface area (Å²) in [4.78, 5) is 39.2. The molecule has 0 aromatic heterocycles. The molecule has 0 bridgehead atoms. The van der Waals surface area contributed by atoms with Crippen molar-refractivity contribution in [3.63, 3.8) is 0 Å². The average molecular weight is 710 g/mol. The lowest BCUT2D eigenvalue weighted by Gasteiger charge is -2.25. The first-order valence-corrected chi connectivity index (χ1v) is 19.3. The highest BCUT2D eigenvalue weighted by molar-refractivity contribution is 5.72. The molecule has 5 atom stereocenters. The minimum Gasteiger partial charge on any atom is -0.481 e. The lowest BCUT2D eigenvalue weighted by Crippen LogP contribution is -2.27. The molecule has 2 aliphatic heterocycles.